The molecule has 0 radical (unpaired) electrons. The standard InChI is InChI=1S/C29H41N7O8S/c1-21-32-34-28(35-33-21)23-5-3-22(4-6-23)20-31-26(38)8-11-41-13-15-43-17-18-44-16-14-42-12-9-30-25(37)7-10-36-27(39)19-24(45-2)29(36)40/h3-6,24H,7-20H2,1-2H3,(H,30,37)(H,31,38). The molecular weight excluding hydrogens is 606 g/mol. The van der Waals surface area contributed by atoms with E-state index in [1.165, 1.54) is 11.8 Å². The molecule has 1 fully saturated rings. The van der Waals surface area contributed by atoms with Gasteiger partial charge in [0.15, 0.2) is 5.82 Å². The average Bonchev–Trinajstić information content (AvgIpc) is 3.32. The molecule has 0 spiro atoms. The predicted octanol–water partition coefficient (Wildman–Crippen LogP) is 0.312. The number of imide groups is 1. The first kappa shape index (κ1) is 35.9. The fourth-order valence-corrected chi connectivity index (χ4v) is 4.66. The smallest absolute Gasteiger partial charge is 0.242 e. The Kier molecular flexibility index (Phi) is 16.3. The van der Waals surface area contributed by atoms with Crippen molar-refractivity contribution in [1.29, 1.82) is 0 Å². The van der Waals surface area contributed by atoms with Crippen LogP contribution in [0.4, 0.5) is 0 Å². The Morgan fingerprint density at radius 2 is 1.40 bits per heavy atom. The van der Waals surface area contributed by atoms with Crippen molar-refractivity contribution in [1.82, 2.24) is 35.9 Å². The Morgan fingerprint density at radius 1 is 0.822 bits per heavy atom. The minimum Gasteiger partial charge on any atom is -0.379 e. The third kappa shape index (κ3) is 13.5. The number of ether oxygens (including phenoxy) is 4. The molecule has 0 saturated carbocycles. The molecule has 4 amide bonds. The van der Waals surface area contributed by atoms with Gasteiger partial charge >= 0.3 is 0 Å². The van der Waals surface area contributed by atoms with Crippen LogP contribution in [0, 0.1) is 6.92 Å². The summed E-state index contributed by atoms with van der Waals surface area (Å²) in [6.07, 6.45) is 2.31. The van der Waals surface area contributed by atoms with E-state index in [-0.39, 0.29) is 54.7 Å². The van der Waals surface area contributed by atoms with E-state index < -0.39 is 0 Å². The summed E-state index contributed by atoms with van der Waals surface area (Å²) in [6, 6.07) is 7.50. The van der Waals surface area contributed by atoms with Crippen LogP contribution in [0.25, 0.3) is 11.4 Å². The zero-order valence-electron chi connectivity index (χ0n) is 25.7. The third-order valence-electron chi connectivity index (χ3n) is 6.49. The number of rotatable bonds is 22. The molecule has 45 heavy (non-hydrogen) atoms. The molecule has 1 atom stereocenters. The summed E-state index contributed by atoms with van der Waals surface area (Å²) >= 11 is 1.35. The molecule has 1 unspecified atom stereocenters. The Labute approximate surface area is 266 Å². The second kappa shape index (κ2) is 20.5. The van der Waals surface area contributed by atoms with Gasteiger partial charge < -0.3 is 29.6 Å². The van der Waals surface area contributed by atoms with E-state index in [0.29, 0.717) is 77.6 Å². The van der Waals surface area contributed by atoms with Crippen LogP contribution in [-0.4, -0.2) is 126 Å². The monoisotopic (exact) mass is 647 g/mol. The van der Waals surface area contributed by atoms with Gasteiger partial charge in [0.2, 0.25) is 29.5 Å². The summed E-state index contributed by atoms with van der Waals surface area (Å²) in [6.45, 7) is 5.50. The largest absolute Gasteiger partial charge is 0.379 e. The fourth-order valence-electron chi connectivity index (χ4n) is 4.02. The van der Waals surface area contributed by atoms with E-state index in [1.54, 1.807) is 13.2 Å². The van der Waals surface area contributed by atoms with Gasteiger partial charge in [-0.15, -0.1) is 20.4 Å². The Balaban J connectivity index is 1.06. The number of carbonyl (C=O) groups is 4. The van der Waals surface area contributed by atoms with Crippen LogP contribution >= 0.6 is 11.8 Å². The van der Waals surface area contributed by atoms with Gasteiger partial charge in [-0.3, -0.25) is 24.1 Å². The van der Waals surface area contributed by atoms with E-state index in [0.717, 1.165) is 16.0 Å². The van der Waals surface area contributed by atoms with Crippen LogP contribution in [-0.2, 0) is 44.7 Å². The van der Waals surface area contributed by atoms with Crippen molar-refractivity contribution in [2.75, 3.05) is 72.2 Å². The fraction of sp³-hybridized carbons (Fsp3) is 0.586. The van der Waals surface area contributed by atoms with Crippen LogP contribution in [0.1, 0.15) is 30.7 Å². The van der Waals surface area contributed by atoms with Crippen molar-refractivity contribution >= 4 is 35.4 Å². The molecule has 15 nitrogen and oxygen atoms in total. The summed E-state index contributed by atoms with van der Waals surface area (Å²) in [5.74, 6) is 0.163. The van der Waals surface area contributed by atoms with Crippen molar-refractivity contribution < 1.29 is 38.1 Å². The van der Waals surface area contributed by atoms with Crippen molar-refractivity contribution in [2.45, 2.75) is 38.0 Å². The lowest BCUT2D eigenvalue weighted by Crippen LogP contribution is -2.36. The molecular formula is C29H41N7O8S. The topological polar surface area (TPSA) is 184 Å². The molecule has 1 aliphatic rings. The normalized spacial score (nSPS) is 14.6. The SMILES string of the molecule is CSC1CC(=O)N(CCC(=O)NCCOCCOCCOCCOCCC(=O)NCc2ccc(-c3nnc(C)nn3)cc2)C1=O. The number of aromatic nitrogens is 4. The second-order valence-corrected chi connectivity index (χ2v) is 10.9. The van der Waals surface area contributed by atoms with Gasteiger partial charge in [0, 0.05) is 44.5 Å². The molecule has 1 saturated heterocycles. The second-order valence-electron chi connectivity index (χ2n) is 9.86. The van der Waals surface area contributed by atoms with E-state index in [4.69, 9.17) is 18.9 Å². The molecule has 246 valence electrons. The molecule has 0 bridgehead atoms. The maximum Gasteiger partial charge on any atom is 0.242 e. The first-order chi connectivity index (χ1) is 21.9. The Morgan fingerprint density at radius 3 is 2.00 bits per heavy atom. The summed E-state index contributed by atoms with van der Waals surface area (Å²) in [5.41, 5.74) is 1.74. The lowest BCUT2D eigenvalue weighted by atomic mass is 10.1. The van der Waals surface area contributed by atoms with Gasteiger partial charge in [0.05, 0.1) is 58.1 Å². The molecule has 0 aliphatic carbocycles. The Bertz CT molecular complexity index is 1220. The number of benzene rings is 1. The van der Waals surface area contributed by atoms with Gasteiger partial charge in [-0.1, -0.05) is 24.3 Å². The molecule has 1 aromatic carbocycles. The summed E-state index contributed by atoms with van der Waals surface area (Å²) < 4.78 is 21.8. The minimum absolute atomic E-state index is 0.0711. The minimum atomic E-state index is -0.338. The average molecular weight is 648 g/mol. The first-order valence-corrected chi connectivity index (χ1v) is 16.0. The number of hydrogen-bond acceptors (Lipinski definition) is 13. The van der Waals surface area contributed by atoms with E-state index in [9.17, 15) is 19.2 Å². The summed E-state index contributed by atoms with van der Waals surface area (Å²) in [7, 11) is 0. The van der Waals surface area contributed by atoms with Crippen LogP contribution in [0.3, 0.4) is 0 Å². The number of carbonyl (C=O) groups excluding carboxylic acids is 4. The van der Waals surface area contributed by atoms with E-state index in [1.807, 2.05) is 24.3 Å². The lowest BCUT2D eigenvalue weighted by Gasteiger charge is -2.14. The van der Waals surface area contributed by atoms with Crippen molar-refractivity contribution in [2.24, 2.45) is 0 Å². The number of hydrogen-bond donors (Lipinski definition) is 2. The quantitative estimate of drug-likeness (QED) is 0.132. The van der Waals surface area contributed by atoms with Gasteiger partial charge in [-0.05, 0) is 18.7 Å². The number of amides is 4. The molecule has 1 aromatic heterocycles. The number of aryl methyl sites for hydroxylation is 1. The highest BCUT2D eigenvalue weighted by Crippen LogP contribution is 2.23. The van der Waals surface area contributed by atoms with Gasteiger partial charge in [-0.25, -0.2) is 0 Å². The van der Waals surface area contributed by atoms with Crippen molar-refractivity contribution in [3.63, 3.8) is 0 Å². The highest BCUT2D eigenvalue weighted by atomic mass is 32.2. The maximum absolute atomic E-state index is 12.1. The first-order valence-electron chi connectivity index (χ1n) is 14.7. The van der Waals surface area contributed by atoms with Crippen LogP contribution < -0.4 is 10.6 Å². The number of likely N-dealkylation sites (tertiary alicyclic amines) is 1. The van der Waals surface area contributed by atoms with E-state index in [2.05, 4.69) is 31.0 Å². The maximum atomic E-state index is 12.1. The molecule has 3 rings (SSSR count). The number of nitrogens with one attached hydrogen (secondary N) is 2. The number of nitrogens with zero attached hydrogens (tertiary/aromatic N) is 5. The van der Waals surface area contributed by atoms with Gasteiger partial charge in [0.25, 0.3) is 0 Å². The van der Waals surface area contributed by atoms with Crippen LogP contribution in [0.5, 0.6) is 0 Å². The van der Waals surface area contributed by atoms with Crippen LogP contribution in [0.2, 0.25) is 0 Å². The van der Waals surface area contributed by atoms with Gasteiger partial charge in [-0.2, -0.15) is 11.8 Å². The molecule has 2 heterocycles. The summed E-state index contributed by atoms with van der Waals surface area (Å²) in [4.78, 5) is 49.1. The highest BCUT2D eigenvalue weighted by Gasteiger charge is 2.37. The molecule has 2 aromatic rings. The third-order valence-corrected chi connectivity index (χ3v) is 7.43. The number of thioether (sulfide) groups is 1. The Hall–Kier alpha value is -3.57. The van der Waals surface area contributed by atoms with Crippen LogP contribution in [0.15, 0.2) is 24.3 Å². The molecule has 1 aliphatic heterocycles. The summed E-state index contributed by atoms with van der Waals surface area (Å²) in [5, 5.41) is 21.1. The van der Waals surface area contributed by atoms with Crippen molar-refractivity contribution in [3.8, 4) is 11.4 Å². The zero-order valence-corrected chi connectivity index (χ0v) is 26.5. The molecule has 2 N–H and O–H groups in total. The van der Waals surface area contributed by atoms with E-state index >= 15 is 0 Å². The molecule has 16 heteroatoms. The zero-order chi connectivity index (χ0) is 32.3. The predicted molar refractivity (Wildman–Crippen MR) is 164 cm³/mol. The van der Waals surface area contributed by atoms with Crippen molar-refractivity contribution in [3.05, 3.63) is 35.7 Å². The lowest BCUT2D eigenvalue weighted by molar-refractivity contribution is -0.138. The van der Waals surface area contributed by atoms with Gasteiger partial charge in [0.1, 0.15) is 0 Å². The highest BCUT2D eigenvalue weighted by molar-refractivity contribution is 8.00.